The highest BCUT2D eigenvalue weighted by molar-refractivity contribution is 6.35. The third-order valence-corrected chi connectivity index (χ3v) is 3.06. The molecule has 1 rings (SSSR count). The maximum absolute atomic E-state index is 10.7. The van der Waals surface area contributed by atoms with Gasteiger partial charge in [0.25, 0.3) is 0 Å². The Hall–Kier alpha value is -0.970. The number of anilines is 1. The highest BCUT2D eigenvalue weighted by Gasteiger charge is 2.10. The van der Waals surface area contributed by atoms with E-state index in [1.54, 1.807) is 18.2 Å². The van der Waals surface area contributed by atoms with Crippen LogP contribution in [0.5, 0.6) is 0 Å². The van der Waals surface area contributed by atoms with Gasteiger partial charge in [0.05, 0.1) is 6.42 Å². The monoisotopic (exact) mass is 304 g/mol. The lowest BCUT2D eigenvalue weighted by Crippen LogP contribution is -2.33. The predicted octanol–water partition coefficient (Wildman–Crippen LogP) is 2.84. The molecular weight excluding hydrogens is 287 g/mol. The quantitative estimate of drug-likeness (QED) is 0.841. The Kier molecular flexibility index (Phi) is 6.42. The number of halogens is 2. The second kappa shape index (κ2) is 7.58. The van der Waals surface area contributed by atoms with Gasteiger partial charge < -0.3 is 14.9 Å². The number of hydrogen-bond donors (Lipinski definition) is 1. The fourth-order valence-electron chi connectivity index (χ4n) is 1.64. The number of carboxylic acid groups (broad SMARTS) is 1. The van der Waals surface area contributed by atoms with Crippen LogP contribution in [-0.4, -0.2) is 49.7 Å². The molecule has 106 valence electrons. The average molecular weight is 305 g/mol. The van der Waals surface area contributed by atoms with Crippen molar-refractivity contribution in [1.29, 1.82) is 0 Å². The van der Waals surface area contributed by atoms with E-state index in [-0.39, 0.29) is 6.42 Å². The summed E-state index contributed by atoms with van der Waals surface area (Å²) in [4.78, 5) is 14.7. The molecule has 0 atom stereocenters. The molecular formula is C13H18Cl2N2O2. The van der Waals surface area contributed by atoms with Gasteiger partial charge in [-0.25, -0.2) is 0 Å². The van der Waals surface area contributed by atoms with Gasteiger partial charge in [-0.3, -0.25) is 4.79 Å². The summed E-state index contributed by atoms with van der Waals surface area (Å²) >= 11 is 12.0. The molecule has 1 aromatic carbocycles. The summed E-state index contributed by atoms with van der Waals surface area (Å²) in [6, 6.07) is 5.25. The van der Waals surface area contributed by atoms with Crippen LogP contribution >= 0.6 is 23.2 Å². The highest BCUT2D eigenvalue weighted by atomic mass is 35.5. The van der Waals surface area contributed by atoms with Gasteiger partial charge in [0.15, 0.2) is 0 Å². The first-order chi connectivity index (χ1) is 8.88. The van der Waals surface area contributed by atoms with Gasteiger partial charge in [0.1, 0.15) is 0 Å². The molecule has 0 radical (unpaired) electrons. The smallest absolute Gasteiger partial charge is 0.305 e. The maximum atomic E-state index is 10.7. The third-order valence-electron chi connectivity index (χ3n) is 2.63. The zero-order valence-electron chi connectivity index (χ0n) is 11.1. The summed E-state index contributed by atoms with van der Waals surface area (Å²) in [5, 5.41) is 9.90. The number of likely N-dealkylation sites (N-methyl/N-ethyl adjacent to an activating group) is 1. The van der Waals surface area contributed by atoms with Crippen LogP contribution in [0.15, 0.2) is 18.2 Å². The van der Waals surface area contributed by atoms with E-state index >= 15 is 0 Å². The summed E-state index contributed by atoms with van der Waals surface area (Å²) < 4.78 is 0. The van der Waals surface area contributed by atoms with E-state index in [0.29, 0.717) is 16.6 Å². The van der Waals surface area contributed by atoms with Crippen LogP contribution in [0.3, 0.4) is 0 Å². The summed E-state index contributed by atoms with van der Waals surface area (Å²) in [5.41, 5.74) is 0.848. The normalized spacial score (nSPS) is 10.8. The first-order valence-electron chi connectivity index (χ1n) is 5.96. The molecule has 19 heavy (non-hydrogen) atoms. The molecule has 6 heteroatoms. The van der Waals surface area contributed by atoms with Gasteiger partial charge in [0.2, 0.25) is 0 Å². The second-order valence-corrected chi connectivity index (χ2v) is 5.43. The van der Waals surface area contributed by atoms with E-state index in [1.807, 2.05) is 23.9 Å². The lowest BCUT2D eigenvalue weighted by atomic mass is 10.2. The van der Waals surface area contributed by atoms with Crippen molar-refractivity contribution in [2.24, 2.45) is 0 Å². The van der Waals surface area contributed by atoms with Crippen molar-refractivity contribution < 1.29 is 9.90 Å². The van der Waals surface area contributed by atoms with Gasteiger partial charge in [-0.15, -0.1) is 0 Å². The fourth-order valence-corrected chi connectivity index (χ4v) is 2.16. The molecule has 0 aromatic heterocycles. The number of hydrogen-bond acceptors (Lipinski definition) is 3. The van der Waals surface area contributed by atoms with Crippen LogP contribution in [-0.2, 0) is 4.79 Å². The Labute approximate surface area is 123 Å². The van der Waals surface area contributed by atoms with E-state index < -0.39 is 5.97 Å². The summed E-state index contributed by atoms with van der Waals surface area (Å²) in [7, 11) is 3.95. The molecule has 1 N–H and O–H groups in total. The molecule has 0 saturated carbocycles. The van der Waals surface area contributed by atoms with Crippen molar-refractivity contribution in [2.45, 2.75) is 6.42 Å². The van der Waals surface area contributed by atoms with Crippen molar-refractivity contribution >= 4 is 34.9 Å². The molecule has 0 saturated heterocycles. The minimum absolute atomic E-state index is 0.0809. The van der Waals surface area contributed by atoms with Crippen LogP contribution in [0.4, 0.5) is 5.69 Å². The van der Waals surface area contributed by atoms with Crippen molar-refractivity contribution in [2.75, 3.05) is 38.6 Å². The van der Waals surface area contributed by atoms with Crippen molar-refractivity contribution in [3.8, 4) is 0 Å². The molecule has 0 aliphatic heterocycles. The van der Waals surface area contributed by atoms with Crippen LogP contribution in [0.2, 0.25) is 10.0 Å². The van der Waals surface area contributed by atoms with Crippen LogP contribution in [0.1, 0.15) is 6.42 Å². The zero-order chi connectivity index (χ0) is 14.4. The van der Waals surface area contributed by atoms with E-state index in [1.165, 1.54) is 0 Å². The molecule has 0 fully saturated rings. The zero-order valence-corrected chi connectivity index (χ0v) is 12.6. The van der Waals surface area contributed by atoms with E-state index in [2.05, 4.69) is 0 Å². The van der Waals surface area contributed by atoms with Gasteiger partial charge in [-0.2, -0.15) is 0 Å². The minimum Gasteiger partial charge on any atom is -0.481 e. The standard InChI is InChI=1S/C13H18Cl2N2O2/c1-16(2)5-6-17(4-3-13(18)19)12-8-10(14)7-11(15)9-12/h7-9H,3-6H2,1-2H3,(H,18,19). The molecule has 4 nitrogen and oxygen atoms in total. The SMILES string of the molecule is CN(C)CCN(CCC(=O)O)c1cc(Cl)cc(Cl)c1. The van der Waals surface area contributed by atoms with Gasteiger partial charge in [-0.05, 0) is 32.3 Å². The summed E-state index contributed by atoms with van der Waals surface area (Å²) in [5.74, 6) is -0.817. The average Bonchev–Trinajstić information content (AvgIpc) is 2.26. The molecule has 1 aromatic rings. The van der Waals surface area contributed by atoms with Crippen LogP contribution < -0.4 is 4.90 Å². The van der Waals surface area contributed by atoms with E-state index in [9.17, 15) is 4.79 Å². The van der Waals surface area contributed by atoms with Crippen molar-refractivity contribution in [3.63, 3.8) is 0 Å². The van der Waals surface area contributed by atoms with Crippen LogP contribution in [0.25, 0.3) is 0 Å². The summed E-state index contributed by atoms with van der Waals surface area (Å²) in [6.07, 6.45) is 0.0809. The molecule has 0 amide bonds. The minimum atomic E-state index is -0.817. The number of rotatable bonds is 7. The van der Waals surface area contributed by atoms with Crippen LogP contribution in [0, 0.1) is 0 Å². The first-order valence-corrected chi connectivity index (χ1v) is 6.71. The topological polar surface area (TPSA) is 43.8 Å². The molecule has 0 aliphatic rings. The number of carboxylic acids is 1. The Morgan fingerprint density at radius 2 is 1.68 bits per heavy atom. The van der Waals surface area contributed by atoms with Gasteiger partial charge in [0, 0.05) is 35.4 Å². The Morgan fingerprint density at radius 3 is 2.16 bits per heavy atom. The molecule has 0 heterocycles. The highest BCUT2D eigenvalue weighted by Crippen LogP contribution is 2.25. The lowest BCUT2D eigenvalue weighted by molar-refractivity contribution is -0.136. The van der Waals surface area contributed by atoms with Gasteiger partial charge in [-0.1, -0.05) is 23.2 Å². The Morgan fingerprint density at radius 1 is 1.11 bits per heavy atom. The molecule has 0 bridgehead atoms. The van der Waals surface area contributed by atoms with Crippen molar-refractivity contribution in [3.05, 3.63) is 28.2 Å². The largest absolute Gasteiger partial charge is 0.481 e. The molecule has 0 aliphatic carbocycles. The second-order valence-electron chi connectivity index (χ2n) is 4.56. The predicted molar refractivity (Wildman–Crippen MR) is 79.5 cm³/mol. The number of nitrogens with zero attached hydrogens (tertiary/aromatic N) is 2. The number of benzene rings is 1. The number of carbonyl (C=O) groups is 1. The Bertz CT molecular complexity index is 418. The molecule has 0 unspecified atom stereocenters. The fraction of sp³-hybridized carbons (Fsp3) is 0.462. The summed E-state index contributed by atoms with van der Waals surface area (Å²) in [6.45, 7) is 1.97. The van der Waals surface area contributed by atoms with E-state index in [4.69, 9.17) is 28.3 Å². The van der Waals surface area contributed by atoms with Gasteiger partial charge >= 0.3 is 5.97 Å². The van der Waals surface area contributed by atoms with Crippen molar-refractivity contribution in [1.82, 2.24) is 4.90 Å². The Balaban J connectivity index is 2.83. The maximum Gasteiger partial charge on any atom is 0.305 e. The first kappa shape index (κ1) is 16.1. The number of aliphatic carboxylic acids is 1. The lowest BCUT2D eigenvalue weighted by Gasteiger charge is -2.26. The van der Waals surface area contributed by atoms with E-state index in [0.717, 1.165) is 18.8 Å². The molecule has 0 spiro atoms. The third kappa shape index (κ3) is 6.14.